The third-order valence-electron chi connectivity index (χ3n) is 6.22. The molecule has 0 aromatic rings. The lowest BCUT2D eigenvalue weighted by molar-refractivity contribution is -0.150. The Labute approximate surface area is 218 Å². The first-order chi connectivity index (χ1) is 16.9. The first kappa shape index (κ1) is 30.2. The highest BCUT2D eigenvalue weighted by Gasteiger charge is 2.62. The number of alkyl carbamates (subject to hydrolysis) is 1. The molecule has 36 heavy (non-hydrogen) atoms. The molecule has 1 aliphatic carbocycles. The predicted octanol–water partition coefficient (Wildman–Crippen LogP) is 2.46. The van der Waals surface area contributed by atoms with Crippen molar-refractivity contribution in [2.75, 3.05) is 31.6 Å². The molecule has 0 aromatic carbocycles. The van der Waals surface area contributed by atoms with Gasteiger partial charge in [0.15, 0.2) is 0 Å². The summed E-state index contributed by atoms with van der Waals surface area (Å²) in [6.07, 6.45) is 5.45. The van der Waals surface area contributed by atoms with E-state index in [1.165, 1.54) is 4.90 Å². The Morgan fingerprint density at radius 2 is 1.97 bits per heavy atom. The molecule has 202 valence electrons. The van der Waals surface area contributed by atoms with Crippen LogP contribution < -0.4 is 10.6 Å². The van der Waals surface area contributed by atoms with Crippen LogP contribution >= 0.6 is 17.8 Å². The molecule has 2 unspecified atom stereocenters. The Morgan fingerprint density at radius 3 is 2.50 bits per heavy atom. The Bertz CT molecular complexity index is 861. The minimum Gasteiger partial charge on any atom is -0.464 e. The van der Waals surface area contributed by atoms with Crippen molar-refractivity contribution in [3.8, 4) is 0 Å². The lowest BCUT2D eigenvalue weighted by Crippen LogP contribution is -2.57. The van der Waals surface area contributed by atoms with Crippen LogP contribution in [-0.2, 0) is 23.9 Å². The van der Waals surface area contributed by atoms with E-state index in [9.17, 15) is 19.2 Å². The Morgan fingerprint density at radius 1 is 1.28 bits per heavy atom. The number of hydrogen-bond donors (Lipinski definition) is 2. The maximum absolute atomic E-state index is 13.7. The van der Waals surface area contributed by atoms with E-state index < -0.39 is 41.2 Å². The molecule has 2 aliphatic rings. The number of carbonyl (C=O) groups is 4. The largest absolute Gasteiger partial charge is 0.464 e. The Kier molecular flexibility index (Phi) is 10.9. The average Bonchev–Trinajstić information content (AvgIpc) is 3.34. The van der Waals surface area contributed by atoms with Crippen molar-refractivity contribution in [3.63, 3.8) is 0 Å². The maximum atomic E-state index is 13.7. The van der Waals surface area contributed by atoms with E-state index in [0.29, 0.717) is 46.5 Å². The molecular formula is C25H41N3O6P2. The van der Waals surface area contributed by atoms with E-state index in [2.05, 4.69) is 33.0 Å². The molecule has 7 atom stereocenters. The van der Waals surface area contributed by atoms with Gasteiger partial charge in [0.1, 0.15) is 23.2 Å². The number of amides is 3. The van der Waals surface area contributed by atoms with Crippen molar-refractivity contribution in [2.24, 2.45) is 11.8 Å². The Hall–Kier alpha value is -1.98. The van der Waals surface area contributed by atoms with Crippen LogP contribution in [0.4, 0.5) is 4.79 Å². The van der Waals surface area contributed by atoms with Gasteiger partial charge in [-0.05, 0) is 64.9 Å². The van der Waals surface area contributed by atoms with Gasteiger partial charge >= 0.3 is 12.1 Å². The quantitative estimate of drug-likeness (QED) is 0.170. The topological polar surface area (TPSA) is 114 Å². The summed E-state index contributed by atoms with van der Waals surface area (Å²) < 4.78 is 10.6. The second-order valence-corrected chi connectivity index (χ2v) is 12.0. The van der Waals surface area contributed by atoms with Crippen LogP contribution in [0.15, 0.2) is 25.3 Å². The molecule has 0 aromatic heterocycles. The monoisotopic (exact) mass is 541 g/mol. The lowest BCUT2D eigenvalue weighted by Gasteiger charge is -2.30. The van der Waals surface area contributed by atoms with Crippen LogP contribution in [0.1, 0.15) is 40.5 Å². The first-order valence-electron chi connectivity index (χ1n) is 12.4. The van der Waals surface area contributed by atoms with Crippen molar-refractivity contribution >= 4 is 41.7 Å². The standard InChI is InChI=1S/C25H41N3O6P2/c1-7-10-36-15-18(26-23(32)34-24(4,5)6)21(30)28-13-16(14-35)11-19(28)20(29)27-25(12-17(25)8-2)22(31)33-9-3/h7-8,16-19,36H,1-2,9-15,35H2,3-6H3,(H,26,32)(H,27,29)/t16-,17-,18+,19+,25-/m1/s1. The molecule has 0 radical (unpaired) electrons. The Balaban J connectivity index is 2.23. The SMILES string of the molecule is C=CCPC[C@H](NC(=O)OC(C)(C)C)C(=O)N1C[C@H](CP)C[C@H]1C(=O)N[C@]1(C(=O)OCC)C[C@H]1C=C. The molecule has 0 bridgehead atoms. The fourth-order valence-electron chi connectivity index (χ4n) is 4.33. The van der Waals surface area contributed by atoms with Crippen LogP contribution in [0.2, 0.25) is 0 Å². The summed E-state index contributed by atoms with van der Waals surface area (Å²) in [5.74, 6) is -1.34. The van der Waals surface area contributed by atoms with E-state index in [4.69, 9.17) is 9.47 Å². The fraction of sp³-hybridized carbons (Fsp3) is 0.680. The molecule has 2 N–H and O–H groups in total. The molecule has 0 spiro atoms. The van der Waals surface area contributed by atoms with Gasteiger partial charge in [-0.25, -0.2) is 9.59 Å². The first-order valence-corrected chi connectivity index (χ1v) is 14.6. The number of ether oxygens (including phenoxy) is 2. The van der Waals surface area contributed by atoms with Gasteiger partial charge in [-0.3, -0.25) is 9.59 Å². The van der Waals surface area contributed by atoms with Gasteiger partial charge < -0.3 is 25.0 Å². The minimum atomic E-state index is -1.14. The normalized spacial score (nSPS) is 26.2. The van der Waals surface area contributed by atoms with E-state index in [1.54, 1.807) is 39.8 Å². The summed E-state index contributed by atoms with van der Waals surface area (Å²) in [5.41, 5.74) is -1.85. The third-order valence-corrected chi connectivity index (χ3v) is 8.16. The number of hydrogen-bond acceptors (Lipinski definition) is 6. The maximum Gasteiger partial charge on any atom is 0.408 e. The lowest BCUT2D eigenvalue weighted by atomic mass is 10.1. The summed E-state index contributed by atoms with van der Waals surface area (Å²) in [7, 11) is 3.04. The average molecular weight is 542 g/mol. The van der Waals surface area contributed by atoms with E-state index >= 15 is 0 Å². The highest BCUT2D eigenvalue weighted by atomic mass is 31.1. The molecule has 2 fully saturated rings. The number of nitrogens with one attached hydrogen (secondary N) is 2. The van der Waals surface area contributed by atoms with Gasteiger partial charge in [-0.1, -0.05) is 12.2 Å². The summed E-state index contributed by atoms with van der Waals surface area (Å²) >= 11 is 0. The summed E-state index contributed by atoms with van der Waals surface area (Å²) in [5, 5.41) is 5.59. The highest BCUT2D eigenvalue weighted by Crippen LogP contribution is 2.45. The molecule has 1 heterocycles. The molecular weight excluding hydrogens is 500 g/mol. The molecule has 1 aliphatic heterocycles. The fourth-order valence-corrected chi connectivity index (χ4v) is 5.61. The molecule has 3 amide bonds. The van der Waals surface area contributed by atoms with Crippen LogP contribution in [0.5, 0.6) is 0 Å². The third kappa shape index (κ3) is 7.76. The van der Waals surface area contributed by atoms with Crippen LogP contribution in [-0.4, -0.2) is 83.6 Å². The van der Waals surface area contributed by atoms with Gasteiger partial charge in [0.2, 0.25) is 11.8 Å². The summed E-state index contributed by atoms with van der Waals surface area (Å²) in [6, 6.07) is -1.59. The summed E-state index contributed by atoms with van der Waals surface area (Å²) in [4.78, 5) is 53.8. The van der Waals surface area contributed by atoms with Crippen molar-refractivity contribution in [2.45, 2.75) is 63.8 Å². The second-order valence-electron chi connectivity index (χ2n) is 10.2. The van der Waals surface area contributed by atoms with Gasteiger partial charge in [-0.2, -0.15) is 0 Å². The van der Waals surface area contributed by atoms with Gasteiger partial charge in [-0.15, -0.1) is 31.0 Å². The summed E-state index contributed by atoms with van der Waals surface area (Å²) in [6.45, 7) is 15.0. The van der Waals surface area contributed by atoms with E-state index in [0.717, 1.165) is 0 Å². The van der Waals surface area contributed by atoms with Crippen LogP contribution in [0.25, 0.3) is 0 Å². The smallest absolute Gasteiger partial charge is 0.408 e. The second kappa shape index (κ2) is 13.0. The van der Waals surface area contributed by atoms with Crippen molar-refractivity contribution < 1.29 is 28.7 Å². The molecule has 1 saturated carbocycles. The number of allylic oxidation sites excluding steroid dienone is 1. The van der Waals surface area contributed by atoms with Crippen molar-refractivity contribution in [1.29, 1.82) is 0 Å². The van der Waals surface area contributed by atoms with Gasteiger partial charge in [0.25, 0.3) is 0 Å². The molecule has 9 nitrogen and oxygen atoms in total. The zero-order chi connectivity index (χ0) is 27.1. The van der Waals surface area contributed by atoms with Gasteiger partial charge in [0.05, 0.1) is 6.61 Å². The number of esters is 1. The number of nitrogens with zero attached hydrogens (tertiary/aromatic N) is 1. The number of rotatable bonds is 12. The molecule has 2 rings (SSSR count). The minimum absolute atomic E-state index is 0.0976. The number of carbonyl (C=O) groups excluding carboxylic acids is 4. The van der Waals surface area contributed by atoms with Crippen molar-refractivity contribution in [1.82, 2.24) is 15.5 Å². The molecule has 11 heteroatoms. The van der Waals surface area contributed by atoms with E-state index in [1.807, 2.05) is 0 Å². The van der Waals surface area contributed by atoms with E-state index in [-0.39, 0.29) is 24.3 Å². The van der Waals surface area contributed by atoms with Crippen molar-refractivity contribution in [3.05, 3.63) is 25.3 Å². The number of likely N-dealkylation sites (tertiary alicyclic amines) is 1. The zero-order valence-corrected chi connectivity index (χ0v) is 24.0. The van der Waals surface area contributed by atoms with Gasteiger partial charge in [0, 0.05) is 12.5 Å². The van der Waals surface area contributed by atoms with Crippen LogP contribution in [0, 0.1) is 11.8 Å². The molecule has 1 saturated heterocycles. The van der Waals surface area contributed by atoms with Crippen LogP contribution in [0.3, 0.4) is 0 Å². The predicted molar refractivity (Wildman–Crippen MR) is 145 cm³/mol. The zero-order valence-electron chi connectivity index (χ0n) is 21.8. The highest BCUT2D eigenvalue weighted by molar-refractivity contribution is 7.38.